The van der Waals surface area contributed by atoms with E-state index in [9.17, 15) is 9.59 Å². The van der Waals surface area contributed by atoms with Crippen molar-refractivity contribution in [1.82, 2.24) is 14.8 Å². The molecule has 3 rings (SSSR count). The highest BCUT2D eigenvalue weighted by atomic mass is 32.2. The molecule has 0 aromatic carbocycles. The predicted molar refractivity (Wildman–Crippen MR) is 107 cm³/mol. The molecule has 0 atom stereocenters. The third kappa shape index (κ3) is 4.24. The Bertz CT molecular complexity index is 884. The van der Waals surface area contributed by atoms with Gasteiger partial charge in [0, 0.05) is 17.3 Å². The molecular formula is C18H22N4O3S2. The highest BCUT2D eigenvalue weighted by Gasteiger charge is 2.30. The number of carbonyl (C=O) groups is 2. The van der Waals surface area contributed by atoms with Crippen LogP contribution in [0.15, 0.2) is 17.8 Å². The fraction of sp³-hybridized carbons (Fsp3) is 0.444. The van der Waals surface area contributed by atoms with Gasteiger partial charge >= 0.3 is 5.97 Å². The molecule has 2 heterocycles. The second-order valence-electron chi connectivity index (χ2n) is 6.33. The van der Waals surface area contributed by atoms with Gasteiger partial charge in [-0.05, 0) is 32.3 Å². The standard InChI is InChI=1S/C18H22N4O3S2/c1-5-8-22-15(12-6-7-12)20-21-18(22)26-9-13(23)19-16-14(17(24)25-4)10(2)11(3)27-16/h5,12H,1,6-9H2,2-4H3,(H,19,23). The number of allylic oxidation sites excluding steroid dienone is 1. The molecule has 0 radical (unpaired) electrons. The van der Waals surface area contributed by atoms with Crippen molar-refractivity contribution in [2.75, 3.05) is 18.2 Å². The molecule has 27 heavy (non-hydrogen) atoms. The first-order valence-corrected chi connectivity index (χ1v) is 10.4. The number of anilines is 1. The number of aromatic nitrogens is 3. The first-order chi connectivity index (χ1) is 13.0. The van der Waals surface area contributed by atoms with Crippen LogP contribution in [0.5, 0.6) is 0 Å². The number of hydrogen-bond acceptors (Lipinski definition) is 7. The van der Waals surface area contributed by atoms with E-state index in [0.717, 1.165) is 29.1 Å². The maximum absolute atomic E-state index is 12.4. The van der Waals surface area contributed by atoms with Crippen molar-refractivity contribution in [1.29, 1.82) is 0 Å². The highest BCUT2D eigenvalue weighted by molar-refractivity contribution is 7.99. The van der Waals surface area contributed by atoms with E-state index in [1.54, 1.807) is 6.08 Å². The van der Waals surface area contributed by atoms with Gasteiger partial charge < -0.3 is 14.6 Å². The van der Waals surface area contributed by atoms with E-state index in [2.05, 4.69) is 22.1 Å². The molecule has 144 valence electrons. The molecule has 0 aliphatic heterocycles. The molecule has 0 spiro atoms. The van der Waals surface area contributed by atoms with Gasteiger partial charge in [-0.25, -0.2) is 4.79 Å². The molecule has 2 aromatic rings. The van der Waals surface area contributed by atoms with Gasteiger partial charge in [-0.1, -0.05) is 17.8 Å². The first-order valence-electron chi connectivity index (χ1n) is 8.61. The molecule has 9 heteroatoms. The normalized spacial score (nSPS) is 13.4. The van der Waals surface area contributed by atoms with E-state index < -0.39 is 5.97 Å². The van der Waals surface area contributed by atoms with E-state index in [-0.39, 0.29) is 11.7 Å². The van der Waals surface area contributed by atoms with Crippen LogP contribution in [0, 0.1) is 13.8 Å². The summed E-state index contributed by atoms with van der Waals surface area (Å²) in [6.45, 7) is 8.17. The van der Waals surface area contributed by atoms with Crippen molar-refractivity contribution in [3.63, 3.8) is 0 Å². The summed E-state index contributed by atoms with van der Waals surface area (Å²) in [5.41, 5.74) is 1.25. The highest BCUT2D eigenvalue weighted by Crippen LogP contribution is 2.40. The van der Waals surface area contributed by atoms with E-state index in [4.69, 9.17) is 4.74 Å². The average molecular weight is 407 g/mol. The largest absolute Gasteiger partial charge is 0.465 e. The van der Waals surface area contributed by atoms with Crippen molar-refractivity contribution in [2.45, 2.75) is 44.3 Å². The molecule has 1 aliphatic rings. The third-order valence-electron chi connectivity index (χ3n) is 4.36. The fourth-order valence-corrected chi connectivity index (χ4v) is 4.53. The van der Waals surface area contributed by atoms with Crippen LogP contribution >= 0.6 is 23.1 Å². The summed E-state index contributed by atoms with van der Waals surface area (Å²) in [7, 11) is 1.33. The molecule has 2 aromatic heterocycles. The SMILES string of the molecule is C=CCn1c(SCC(=O)Nc2sc(C)c(C)c2C(=O)OC)nnc1C1CC1. The fourth-order valence-electron chi connectivity index (χ4n) is 2.71. The van der Waals surface area contributed by atoms with Gasteiger partial charge in [0.2, 0.25) is 5.91 Å². The van der Waals surface area contributed by atoms with Crippen LogP contribution in [-0.2, 0) is 16.1 Å². The Kier molecular flexibility index (Phi) is 6.01. The molecule has 7 nitrogen and oxygen atoms in total. The number of thioether (sulfide) groups is 1. The second kappa shape index (κ2) is 8.26. The predicted octanol–water partition coefficient (Wildman–Crippen LogP) is 3.54. The zero-order valence-corrected chi connectivity index (χ0v) is 17.2. The van der Waals surface area contributed by atoms with Gasteiger partial charge in [-0.15, -0.1) is 28.1 Å². The lowest BCUT2D eigenvalue weighted by molar-refractivity contribution is -0.113. The van der Waals surface area contributed by atoms with Gasteiger partial charge in [-0.2, -0.15) is 0 Å². The number of aryl methyl sites for hydroxylation is 1. The van der Waals surface area contributed by atoms with Crippen LogP contribution in [-0.4, -0.2) is 39.5 Å². The Morgan fingerprint density at radius 2 is 2.15 bits per heavy atom. The monoisotopic (exact) mass is 406 g/mol. The van der Waals surface area contributed by atoms with Crippen molar-refractivity contribution in [2.24, 2.45) is 0 Å². The lowest BCUT2D eigenvalue weighted by Gasteiger charge is -2.08. The lowest BCUT2D eigenvalue weighted by Crippen LogP contribution is -2.16. The van der Waals surface area contributed by atoms with E-state index >= 15 is 0 Å². The van der Waals surface area contributed by atoms with E-state index in [0.29, 0.717) is 28.2 Å². The van der Waals surface area contributed by atoms with Crippen molar-refractivity contribution < 1.29 is 14.3 Å². The summed E-state index contributed by atoms with van der Waals surface area (Å²) in [5.74, 6) is 0.971. The van der Waals surface area contributed by atoms with Crippen LogP contribution in [0.4, 0.5) is 5.00 Å². The van der Waals surface area contributed by atoms with Crippen LogP contribution in [0.3, 0.4) is 0 Å². The zero-order chi connectivity index (χ0) is 19.6. The number of amides is 1. The van der Waals surface area contributed by atoms with Crippen molar-refractivity contribution in [3.05, 3.63) is 34.5 Å². The summed E-state index contributed by atoms with van der Waals surface area (Å²) in [5, 5.41) is 12.6. The van der Waals surface area contributed by atoms with Crippen LogP contribution in [0.25, 0.3) is 0 Å². The van der Waals surface area contributed by atoms with Gasteiger partial charge in [0.25, 0.3) is 0 Å². The van der Waals surface area contributed by atoms with E-state index in [1.807, 2.05) is 18.4 Å². The minimum absolute atomic E-state index is 0.177. The molecule has 1 aliphatic carbocycles. The molecule has 0 unspecified atom stereocenters. The summed E-state index contributed by atoms with van der Waals surface area (Å²) in [6, 6.07) is 0. The first kappa shape index (κ1) is 19.6. The Hall–Kier alpha value is -2.13. The Morgan fingerprint density at radius 3 is 2.78 bits per heavy atom. The minimum Gasteiger partial charge on any atom is -0.465 e. The van der Waals surface area contributed by atoms with Crippen LogP contribution in [0.2, 0.25) is 0 Å². The Morgan fingerprint density at radius 1 is 1.41 bits per heavy atom. The van der Waals surface area contributed by atoms with Crippen molar-refractivity contribution >= 4 is 40.0 Å². The second-order valence-corrected chi connectivity index (χ2v) is 8.50. The van der Waals surface area contributed by atoms with Gasteiger partial charge in [0.1, 0.15) is 10.8 Å². The molecule has 1 saturated carbocycles. The number of hydrogen-bond donors (Lipinski definition) is 1. The topological polar surface area (TPSA) is 86.1 Å². The number of ether oxygens (including phenoxy) is 1. The van der Waals surface area contributed by atoms with Gasteiger partial charge in [-0.3, -0.25) is 4.79 Å². The number of thiophene rings is 1. The maximum Gasteiger partial charge on any atom is 0.341 e. The maximum atomic E-state index is 12.4. The number of nitrogens with zero attached hydrogens (tertiary/aromatic N) is 3. The lowest BCUT2D eigenvalue weighted by atomic mass is 10.1. The van der Waals surface area contributed by atoms with Crippen molar-refractivity contribution in [3.8, 4) is 0 Å². The van der Waals surface area contributed by atoms with Gasteiger partial charge in [0.05, 0.1) is 18.4 Å². The third-order valence-corrected chi connectivity index (χ3v) is 6.45. The summed E-state index contributed by atoms with van der Waals surface area (Å²) >= 11 is 2.70. The Balaban J connectivity index is 1.68. The Labute approximate surface area is 166 Å². The van der Waals surface area contributed by atoms with E-state index in [1.165, 1.54) is 30.2 Å². The average Bonchev–Trinajstić information content (AvgIpc) is 3.35. The molecule has 0 bridgehead atoms. The smallest absolute Gasteiger partial charge is 0.341 e. The van der Waals surface area contributed by atoms with Crippen LogP contribution in [0.1, 0.15) is 45.4 Å². The number of rotatable bonds is 8. The number of carbonyl (C=O) groups excluding carboxylic acids is 2. The zero-order valence-electron chi connectivity index (χ0n) is 15.6. The number of esters is 1. The number of methoxy groups -OCH3 is 1. The van der Waals surface area contributed by atoms with Crippen LogP contribution < -0.4 is 5.32 Å². The molecular weight excluding hydrogens is 384 g/mol. The minimum atomic E-state index is -0.445. The van der Waals surface area contributed by atoms with Gasteiger partial charge in [0.15, 0.2) is 5.16 Å². The molecule has 1 N–H and O–H groups in total. The molecule has 0 saturated heterocycles. The number of nitrogens with one attached hydrogen (secondary N) is 1. The summed E-state index contributed by atoms with van der Waals surface area (Å²) in [4.78, 5) is 25.4. The quantitative estimate of drug-likeness (QED) is 0.410. The molecule has 1 amide bonds. The summed E-state index contributed by atoms with van der Waals surface area (Å²) in [6.07, 6.45) is 4.07. The summed E-state index contributed by atoms with van der Waals surface area (Å²) < 4.78 is 6.85. The molecule has 1 fully saturated rings.